The first-order valence-electron chi connectivity index (χ1n) is 8.24. The standard InChI is InChI=1S/C17H27N3O2.ClH/c1-3-4-5-15(18)17(22)20-10-7-13(8-11-20)14-6-9-19(2)16(21)12-14;/h6,9,12-13,15H,3-5,7-8,10-11,18H2,1-2H3;1H/t15-;/m0./s1. The Hall–Kier alpha value is -1.33. The monoisotopic (exact) mass is 341 g/mol. The zero-order chi connectivity index (χ0) is 16.1. The molecule has 1 aromatic rings. The molecule has 0 radical (unpaired) electrons. The number of hydrogen-bond acceptors (Lipinski definition) is 3. The minimum Gasteiger partial charge on any atom is -0.341 e. The van der Waals surface area contributed by atoms with Gasteiger partial charge >= 0.3 is 0 Å². The Morgan fingerprint density at radius 1 is 1.39 bits per heavy atom. The molecule has 0 aliphatic carbocycles. The molecule has 0 unspecified atom stereocenters. The summed E-state index contributed by atoms with van der Waals surface area (Å²) in [6.45, 7) is 3.57. The summed E-state index contributed by atoms with van der Waals surface area (Å²) in [5.74, 6) is 0.445. The maximum Gasteiger partial charge on any atom is 0.250 e. The Labute approximate surface area is 144 Å². The number of carbonyl (C=O) groups excluding carboxylic acids is 1. The Morgan fingerprint density at radius 2 is 2.04 bits per heavy atom. The Balaban J connectivity index is 0.00000264. The van der Waals surface area contributed by atoms with Crippen molar-refractivity contribution in [2.75, 3.05) is 13.1 Å². The van der Waals surface area contributed by atoms with Gasteiger partial charge in [0.05, 0.1) is 6.04 Å². The lowest BCUT2D eigenvalue weighted by atomic mass is 9.89. The molecule has 1 aromatic heterocycles. The van der Waals surface area contributed by atoms with E-state index in [2.05, 4.69) is 6.92 Å². The molecule has 0 aromatic carbocycles. The molecule has 2 heterocycles. The van der Waals surface area contributed by atoms with Crippen molar-refractivity contribution in [1.82, 2.24) is 9.47 Å². The number of aromatic nitrogens is 1. The van der Waals surface area contributed by atoms with Gasteiger partial charge in [-0.3, -0.25) is 9.59 Å². The molecule has 1 aliphatic heterocycles. The molecule has 6 heteroatoms. The maximum absolute atomic E-state index is 12.3. The van der Waals surface area contributed by atoms with Crippen LogP contribution >= 0.6 is 12.4 Å². The first kappa shape index (κ1) is 19.7. The lowest BCUT2D eigenvalue weighted by Crippen LogP contribution is -2.46. The topological polar surface area (TPSA) is 68.3 Å². The lowest BCUT2D eigenvalue weighted by Gasteiger charge is -2.33. The first-order valence-corrected chi connectivity index (χ1v) is 8.24. The van der Waals surface area contributed by atoms with Gasteiger partial charge in [0.1, 0.15) is 0 Å². The van der Waals surface area contributed by atoms with Gasteiger partial charge in [-0.1, -0.05) is 19.8 Å². The summed E-state index contributed by atoms with van der Waals surface area (Å²) in [4.78, 5) is 25.9. The van der Waals surface area contributed by atoms with Gasteiger partial charge in [-0.05, 0) is 36.8 Å². The molecule has 1 aliphatic rings. The van der Waals surface area contributed by atoms with E-state index in [9.17, 15) is 9.59 Å². The summed E-state index contributed by atoms with van der Waals surface area (Å²) < 4.78 is 1.58. The molecule has 1 fully saturated rings. The van der Waals surface area contributed by atoms with E-state index in [0.29, 0.717) is 5.92 Å². The van der Waals surface area contributed by atoms with E-state index in [0.717, 1.165) is 50.8 Å². The van der Waals surface area contributed by atoms with Crippen LogP contribution in [0.25, 0.3) is 0 Å². The van der Waals surface area contributed by atoms with Crippen molar-refractivity contribution in [2.45, 2.75) is 51.0 Å². The summed E-state index contributed by atoms with van der Waals surface area (Å²) in [6.07, 6.45) is 6.45. The smallest absolute Gasteiger partial charge is 0.250 e. The predicted octanol–water partition coefficient (Wildman–Crippen LogP) is 2.03. The number of pyridine rings is 1. The summed E-state index contributed by atoms with van der Waals surface area (Å²) in [5, 5.41) is 0. The van der Waals surface area contributed by atoms with E-state index in [1.54, 1.807) is 17.7 Å². The molecule has 0 saturated carbocycles. The largest absolute Gasteiger partial charge is 0.341 e. The number of piperidine rings is 1. The second-order valence-corrected chi connectivity index (χ2v) is 6.26. The second kappa shape index (κ2) is 9.08. The number of aryl methyl sites for hydroxylation is 1. The van der Waals surface area contributed by atoms with Crippen LogP contribution in [0.15, 0.2) is 23.1 Å². The number of nitrogens with zero attached hydrogens (tertiary/aromatic N) is 2. The molecule has 1 amide bonds. The number of nitrogens with two attached hydrogens (primary N) is 1. The number of rotatable bonds is 5. The van der Waals surface area contributed by atoms with E-state index >= 15 is 0 Å². The van der Waals surface area contributed by atoms with Crippen molar-refractivity contribution in [1.29, 1.82) is 0 Å². The molecule has 2 rings (SSSR count). The number of unbranched alkanes of at least 4 members (excludes halogenated alkanes) is 1. The zero-order valence-electron chi connectivity index (χ0n) is 14.0. The molecule has 130 valence electrons. The molecular formula is C17H28ClN3O2. The minimum absolute atomic E-state index is 0. The molecule has 1 atom stereocenters. The summed E-state index contributed by atoms with van der Waals surface area (Å²) >= 11 is 0. The highest BCUT2D eigenvalue weighted by Gasteiger charge is 2.26. The van der Waals surface area contributed by atoms with Gasteiger partial charge < -0.3 is 15.2 Å². The third-order valence-electron chi connectivity index (χ3n) is 4.59. The van der Waals surface area contributed by atoms with Gasteiger partial charge in [0.25, 0.3) is 5.56 Å². The van der Waals surface area contributed by atoms with Gasteiger partial charge in [-0.15, -0.1) is 12.4 Å². The van der Waals surface area contributed by atoms with Gasteiger partial charge in [-0.2, -0.15) is 0 Å². The van der Waals surface area contributed by atoms with Gasteiger partial charge in [0.15, 0.2) is 0 Å². The van der Waals surface area contributed by atoms with Crippen LogP contribution in [0.4, 0.5) is 0 Å². The molecule has 23 heavy (non-hydrogen) atoms. The van der Waals surface area contributed by atoms with E-state index in [-0.39, 0.29) is 29.9 Å². The van der Waals surface area contributed by atoms with E-state index in [4.69, 9.17) is 5.73 Å². The Bertz CT molecular complexity index is 565. The Morgan fingerprint density at radius 3 is 2.61 bits per heavy atom. The third-order valence-corrected chi connectivity index (χ3v) is 4.59. The summed E-state index contributed by atoms with van der Waals surface area (Å²) in [6, 6.07) is 3.37. The maximum atomic E-state index is 12.3. The first-order chi connectivity index (χ1) is 10.5. The summed E-state index contributed by atoms with van der Waals surface area (Å²) in [5.41, 5.74) is 7.10. The average molecular weight is 342 g/mol. The van der Waals surface area contributed by atoms with E-state index in [1.165, 1.54) is 0 Å². The number of hydrogen-bond donors (Lipinski definition) is 1. The van der Waals surface area contributed by atoms with Crippen LogP contribution in [0.3, 0.4) is 0 Å². The fourth-order valence-corrected chi connectivity index (χ4v) is 3.03. The number of likely N-dealkylation sites (tertiary alicyclic amines) is 1. The third kappa shape index (κ3) is 5.08. The van der Waals surface area contributed by atoms with Gasteiger partial charge in [0, 0.05) is 32.4 Å². The van der Waals surface area contributed by atoms with Crippen molar-refractivity contribution in [2.24, 2.45) is 12.8 Å². The van der Waals surface area contributed by atoms with Crippen LogP contribution in [0.2, 0.25) is 0 Å². The molecular weight excluding hydrogens is 314 g/mol. The van der Waals surface area contributed by atoms with Crippen LogP contribution < -0.4 is 11.3 Å². The molecule has 0 spiro atoms. The van der Waals surface area contributed by atoms with Crippen molar-refractivity contribution in [3.05, 3.63) is 34.2 Å². The number of amides is 1. The van der Waals surface area contributed by atoms with Crippen LogP contribution in [-0.2, 0) is 11.8 Å². The molecule has 1 saturated heterocycles. The minimum atomic E-state index is -0.361. The predicted molar refractivity (Wildman–Crippen MR) is 95.0 cm³/mol. The summed E-state index contributed by atoms with van der Waals surface area (Å²) in [7, 11) is 1.76. The van der Waals surface area contributed by atoms with Crippen molar-refractivity contribution < 1.29 is 4.79 Å². The zero-order valence-corrected chi connectivity index (χ0v) is 14.8. The fraction of sp³-hybridized carbons (Fsp3) is 0.647. The van der Waals surface area contributed by atoms with Gasteiger partial charge in [-0.25, -0.2) is 0 Å². The van der Waals surface area contributed by atoms with Gasteiger partial charge in [0.2, 0.25) is 5.91 Å². The van der Waals surface area contributed by atoms with Crippen LogP contribution in [0, 0.1) is 0 Å². The van der Waals surface area contributed by atoms with Crippen molar-refractivity contribution >= 4 is 18.3 Å². The Kier molecular flexibility index (Phi) is 7.79. The van der Waals surface area contributed by atoms with Crippen LogP contribution in [-0.4, -0.2) is 34.5 Å². The van der Waals surface area contributed by atoms with Crippen molar-refractivity contribution in [3.8, 4) is 0 Å². The molecule has 5 nitrogen and oxygen atoms in total. The second-order valence-electron chi connectivity index (χ2n) is 6.26. The van der Waals surface area contributed by atoms with E-state index in [1.807, 2.05) is 17.2 Å². The van der Waals surface area contributed by atoms with E-state index < -0.39 is 0 Å². The number of carbonyl (C=O) groups is 1. The highest BCUT2D eigenvalue weighted by molar-refractivity contribution is 5.85. The van der Waals surface area contributed by atoms with Crippen molar-refractivity contribution in [3.63, 3.8) is 0 Å². The van der Waals surface area contributed by atoms with Crippen LogP contribution in [0.1, 0.15) is 50.5 Å². The molecule has 0 bridgehead atoms. The normalized spacial score (nSPS) is 16.7. The quantitative estimate of drug-likeness (QED) is 0.891. The molecule has 2 N–H and O–H groups in total. The van der Waals surface area contributed by atoms with Crippen LogP contribution in [0.5, 0.6) is 0 Å². The highest BCUT2D eigenvalue weighted by atomic mass is 35.5. The average Bonchev–Trinajstić information content (AvgIpc) is 2.54. The lowest BCUT2D eigenvalue weighted by molar-refractivity contribution is -0.133. The SMILES string of the molecule is CCCC[C@H](N)C(=O)N1CCC(c2ccn(C)c(=O)c2)CC1.Cl. The number of halogens is 1. The highest BCUT2D eigenvalue weighted by Crippen LogP contribution is 2.27. The fourth-order valence-electron chi connectivity index (χ4n) is 3.03.